The predicted octanol–water partition coefficient (Wildman–Crippen LogP) is 3.99. The summed E-state index contributed by atoms with van der Waals surface area (Å²) in [5.41, 5.74) is -1.64. The van der Waals surface area contributed by atoms with Crippen LogP contribution in [0.4, 0.5) is 0 Å². The highest BCUT2D eigenvalue weighted by Gasteiger charge is 2.53. The monoisotopic (exact) mass is 426 g/mol. The fourth-order valence-electron chi connectivity index (χ4n) is 4.08. The largest absolute Gasteiger partial charge is 0.480 e. The van der Waals surface area contributed by atoms with E-state index < -0.39 is 29.6 Å². The molecule has 0 fully saturated rings. The molecule has 6 nitrogen and oxygen atoms in total. The SMILES string of the molecule is O=C(C1=CCC(C(=O)O)(C(=O)O)c2c(C(=O)c3ccccc3)cccc21)c1ccccc1. The third kappa shape index (κ3) is 3.22. The molecule has 0 amide bonds. The van der Waals surface area contributed by atoms with Crippen molar-refractivity contribution in [1.82, 2.24) is 0 Å². The van der Waals surface area contributed by atoms with Gasteiger partial charge in [0.05, 0.1) is 0 Å². The number of carboxylic acids is 2. The molecule has 1 aliphatic carbocycles. The molecule has 0 saturated heterocycles. The Morgan fingerprint density at radius 1 is 0.656 bits per heavy atom. The molecular formula is C26H18O6. The fraction of sp³-hybridized carbons (Fsp3) is 0.0769. The average molecular weight is 426 g/mol. The van der Waals surface area contributed by atoms with Crippen molar-refractivity contribution >= 4 is 29.1 Å². The smallest absolute Gasteiger partial charge is 0.326 e. The van der Waals surface area contributed by atoms with Crippen molar-refractivity contribution < 1.29 is 29.4 Å². The zero-order valence-corrected chi connectivity index (χ0v) is 16.8. The van der Waals surface area contributed by atoms with Crippen molar-refractivity contribution in [1.29, 1.82) is 0 Å². The van der Waals surface area contributed by atoms with Gasteiger partial charge in [-0.1, -0.05) is 84.9 Å². The lowest BCUT2D eigenvalue weighted by Crippen LogP contribution is -2.46. The maximum absolute atomic E-state index is 13.3. The summed E-state index contributed by atoms with van der Waals surface area (Å²) in [7, 11) is 0. The number of ketones is 2. The van der Waals surface area contributed by atoms with Gasteiger partial charge in [-0.05, 0) is 17.5 Å². The Kier molecular flexibility index (Phi) is 5.28. The number of carboxylic acid groups (broad SMARTS) is 2. The lowest BCUT2D eigenvalue weighted by Gasteiger charge is -2.32. The van der Waals surface area contributed by atoms with Gasteiger partial charge in [-0.2, -0.15) is 0 Å². The minimum atomic E-state index is -2.39. The van der Waals surface area contributed by atoms with Crippen LogP contribution in [0, 0.1) is 0 Å². The van der Waals surface area contributed by atoms with E-state index in [1.165, 1.54) is 24.3 Å². The van der Waals surface area contributed by atoms with Crippen molar-refractivity contribution in [2.75, 3.05) is 0 Å². The quantitative estimate of drug-likeness (QED) is 0.456. The molecule has 32 heavy (non-hydrogen) atoms. The Hall–Kier alpha value is -4.32. The molecule has 158 valence electrons. The maximum Gasteiger partial charge on any atom is 0.326 e. The molecule has 0 atom stereocenters. The minimum absolute atomic E-state index is 0.0510. The summed E-state index contributed by atoms with van der Waals surface area (Å²) in [6.07, 6.45) is 0.883. The summed E-state index contributed by atoms with van der Waals surface area (Å²) in [6.45, 7) is 0. The Balaban J connectivity index is 1.99. The molecule has 0 unspecified atom stereocenters. The van der Waals surface area contributed by atoms with Crippen molar-refractivity contribution in [2.45, 2.75) is 11.8 Å². The number of benzene rings is 3. The van der Waals surface area contributed by atoms with Gasteiger partial charge in [-0.25, -0.2) is 0 Å². The van der Waals surface area contributed by atoms with Gasteiger partial charge < -0.3 is 10.2 Å². The molecule has 0 spiro atoms. The number of hydrogen-bond acceptors (Lipinski definition) is 4. The van der Waals surface area contributed by atoms with E-state index in [-0.39, 0.29) is 33.6 Å². The molecule has 0 aliphatic heterocycles. The Bertz CT molecular complexity index is 1260. The van der Waals surface area contributed by atoms with Gasteiger partial charge in [0.25, 0.3) is 0 Å². The summed E-state index contributed by atoms with van der Waals surface area (Å²) >= 11 is 0. The van der Waals surface area contributed by atoms with Crippen LogP contribution in [-0.2, 0) is 15.0 Å². The third-order valence-electron chi connectivity index (χ3n) is 5.69. The highest BCUT2D eigenvalue weighted by atomic mass is 16.4. The number of allylic oxidation sites excluding steroid dienone is 2. The molecule has 0 aromatic heterocycles. The first-order valence-corrected chi connectivity index (χ1v) is 9.88. The van der Waals surface area contributed by atoms with Gasteiger partial charge in [0.15, 0.2) is 17.0 Å². The lowest BCUT2D eigenvalue weighted by atomic mass is 9.67. The minimum Gasteiger partial charge on any atom is -0.480 e. The van der Waals surface area contributed by atoms with Gasteiger partial charge in [-0.15, -0.1) is 0 Å². The first-order chi connectivity index (χ1) is 15.4. The fourth-order valence-corrected chi connectivity index (χ4v) is 4.08. The summed E-state index contributed by atoms with van der Waals surface area (Å²) in [5, 5.41) is 20.0. The number of hydrogen-bond donors (Lipinski definition) is 2. The number of carbonyl (C=O) groups is 4. The van der Waals surface area contributed by atoms with E-state index in [9.17, 15) is 29.4 Å². The van der Waals surface area contributed by atoms with E-state index in [0.29, 0.717) is 5.56 Å². The first-order valence-electron chi connectivity index (χ1n) is 9.88. The summed E-state index contributed by atoms with van der Waals surface area (Å²) in [4.78, 5) is 51.2. The van der Waals surface area contributed by atoms with Crippen LogP contribution >= 0.6 is 0 Å². The standard InChI is InChI=1S/C26H18O6/c27-22(16-8-3-1-4-9-16)19-14-15-26(24(29)30,25(31)32)21-18(19)12-7-13-20(21)23(28)17-10-5-2-6-11-17/h1-14H,15H2,(H,29,30)(H,31,32). The number of carbonyl (C=O) groups excluding carboxylic acids is 2. The number of rotatable bonds is 6. The summed E-state index contributed by atoms with van der Waals surface area (Å²) < 4.78 is 0. The van der Waals surface area contributed by atoms with E-state index in [2.05, 4.69) is 0 Å². The van der Waals surface area contributed by atoms with Crippen molar-refractivity contribution in [2.24, 2.45) is 0 Å². The van der Waals surface area contributed by atoms with Crippen LogP contribution in [0.3, 0.4) is 0 Å². The normalized spacial score (nSPS) is 14.1. The molecule has 2 N–H and O–H groups in total. The van der Waals surface area contributed by atoms with Crippen molar-refractivity contribution in [3.63, 3.8) is 0 Å². The van der Waals surface area contributed by atoms with E-state index >= 15 is 0 Å². The second-order valence-electron chi connectivity index (χ2n) is 7.46. The molecule has 3 aromatic carbocycles. The number of aliphatic carboxylic acids is 2. The lowest BCUT2D eigenvalue weighted by molar-refractivity contribution is -0.157. The molecule has 0 radical (unpaired) electrons. The molecule has 4 rings (SSSR count). The average Bonchev–Trinajstić information content (AvgIpc) is 2.82. The second kappa shape index (κ2) is 8.07. The molecule has 0 bridgehead atoms. The van der Waals surface area contributed by atoms with Gasteiger partial charge in [-0.3, -0.25) is 19.2 Å². The van der Waals surface area contributed by atoms with Crippen LogP contribution in [0.2, 0.25) is 0 Å². The number of Topliss-reactive ketones (excluding diaryl/α,β-unsaturated/α-hetero) is 1. The van der Waals surface area contributed by atoms with Gasteiger partial charge in [0.2, 0.25) is 0 Å². The predicted molar refractivity (Wildman–Crippen MR) is 117 cm³/mol. The molecule has 0 heterocycles. The van der Waals surface area contributed by atoms with E-state index in [1.807, 2.05) is 0 Å². The topological polar surface area (TPSA) is 109 Å². The second-order valence-corrected chi connectivity index (χ2v) is 7.46. The van der Waals surface area contributed by atoms with E-state index in [1.54, 1.807) is 60.7 Å². The molecule has 6 heteroatoms. The molecule has 3 aromatic rings. The first kappa shape index (κ1) is 20.9. The van der Waals surface area contributed by atoms with Gasteiger partial charge in [0, 0.05) is 22.3 Å². The van der Waals surface area contributed by atoms with Crippen LogP contribution in [0.25, 0.3) is 5.57 Å². The van der Waals surface area contributed by atoms with Crippen LogP contribution in [0.5, 0.6) is 0 Å². The third-order valence-corrected chi connectivity index (χ3v) is 5.69. The van der Waals surface area contributed by atoms with Crippen LogP contribution < -0.4 is 0 Å². The Morgan fingerprint density at radius 2 is 1.19 bits per heavy atom. The van der Waals surface area contributed by atoms with Crippen molar-refractivity contribution in [3.8, 4) is 0 Å². The number of fused-ring (bicyclic) bond motifs is 1. The molecule has 0 saturated carbocycles. The summed E-state index contributed by atoms with van der Waals surface area (Å²) in [5.74, 6) is -4.08. The molecular weight excluding hydrogens is 408 g/mol. The van der Waals surface area contributed by atoms with Crippen LogP contribution in [0.1, 0.15) is 43.8 Å². The van der Waals surface area contributed by atoms with Gasteiger partial charge in [0.1, 0.15) is 0 Å². The van der Waals surface area contributed by atoms with Crippen LogP contribution in [-0.4, -0.2) is 33.7 Å². The van der Waals surface area contributed by atoms with E-state index in [4.69, 9.17) is 0 Å². The highest BCUT2D eigenvalue weighted by molar-refractivity contribution is 6.31. The zero-order valence-electron chi connectivity index (χ0n) is 16.8. The van der Waals surface area contributed by atoms with E-state index in [0.717, 1.165) is 0 Å². The van der Waals surface area contributed by atoms with Crippen LogP contribution in [0.15, 0.2) is 84.9 Å². The molecule has 1 aliphatic rings. The summed E-state index contributed by atoms with van der Waals surface area (Å²) in [6, 6.07) is 21.0. The highest BCUT2D eigenvalue weighted by Crippen LogP contribution is 2.43. The maximum atomic E-state index is 13.3. The van der Waals surface area contributed by atoms with Crippen molar-refractivity contribution in [3.05, 3.63) is 113 Å². The Labute approximate surface area is 183 Å². The zero-order chi connectivity index (χ0) is 22.9. The Morgan fingerprint density at radius 3 is 1.72 bits per heavy atom. The van der Waals surface area contributed by atoms with Gasteiger partial charge >= 0.3 is 11.9 Å².